The average Bonchev–Trinajstić information content (AvgIpc) is 3.16. The van der Waals surface area contributed by atoms with E-state index in [9.17, 15) is 9.90 Å². The van der Waals surface area contributed by atoms with Crippen LogP contribution in [0.5, 0.6) is 5.75 Å². The summed E-state index contributed by atoms with van der Waals surface area (Å²) in [5.74, 6) is 0.698. The van der Waals surface area contributed by atoms with Gasteiger partial charge in [0, 0.05) is 48.8 Å². The van der Waals surface area contributed by atoms with Crippen LogP contribution in [0.2, 0.25) is 0 Å². The van der Waals surface area contributed by atoms with Gasteiger partial charge in [-0.15, -0.1) is 0 Å². The van der Waals surface area contributed by atoms with Crippen LogP contribution in [0.4, 0.5) is 0 Å². The summed E-state index contributed by atoms with van der Waals surface area (Å²) in [6.07, 6.45) is 2.91. The Kier molecular flexibility index (Phi) is 7.32. The largest absolute Gasteiger partial charge is 0.508 e. The molecule has 0 saturated heterocycles. The molecule has 0 radical (unpaired) electrons. The van der Waals surface area contributed by atoms with Gasteiger partial charge in [-0.1, -0.05) is 12.1 Å². The lowest BCUT2D eigenvalue weighted by Gasteiger charge is -2.12. The van der Waals surface area contributed by atoms with E-state index in [0.29, 0.717) is 25.2 Å². The summed E-state index contributed by atoms with van der Waals surface area (Å²) in [6.45, 7) is 6.59. The number of aromatic amines is 1. The number of nitrogens with one attached hydrogen (secondary N) is 4. The number of carbonyl (C=O) groups excluding carboxylic acids is 1. The number of fused-ring (bicyclic) bond motifs is 1. The number of rotatable bonds is 8. The van der Waals surface area contributed by atoms with Gasteiger partial charge in [0.1, 0.15) is 5.75 Å². The summed E-state index contributed by atoms with van der Waals surface area (Å²) in [6, 6.07) is 12.5. The Morgan fingerprint density at radius 2 is 1.83 bits per heavy atom. The molecule has 0 aliphatic rings. The van der Waals surface area contributed by atoms with Gasteiger partial charge >= 0.3 is 0 Å². The number of aryl methyl sites for hydroxylation is 1. The second kappa shape index (κ2) is 10.3. The second-order valence-electron chi connectivity index (χ2n) is 7.05. The topological polar surface area (TPSA) is 102 Å². The fourth-order valence-electron chi connectivity index (χ4n) is 3.35. The normalized spacial score (nSPS) is 11.5. The van der Waals surface area contributed by atoms with Gasteiger partial charge in [-0.2, -0.15) is 0 Å². The molecule has 0 unspecified atom stereocenters. The zero-order valence-electron chi connectivity index (χ0n) is 17.5. The predicted molar refractivity (Wildman–Crippen MR) is 121 cm³/mol. The zero-order valence-corrected chi connectivity index (χ0v) is 17.5. The van der Waals surface area contributed by atoms with Crippen LogP contribution in [0.3, 0.4) is 0 Å². The van der Waals surface area contributed by atoms with E-state index in [2.05, 4.69) is 57.2 Å². The van der Waals surface area contributed by atoms with Gasteiger partial charge in [-0.25, -0.2) is 0 Å². The minimum Gasteiger partial charge on any atom is -0.508 e. The van der Waals surface area contributed by atoms with E-state index in [1.54, 1.807) is 12.1 Å². The van der Waals surface area contributed by atoms with Crippen molar-refractivity contribution < 1.29 is 9.90 Å². The number of aromatic nitrogens is 1. The van der Waals surface area contributed by atoms with Gasteiger partial charge in [0.25, 0.3) is 5.91 Å². The van der Waals surface area contributed by atoms with Crippen molar-refractivity contribution in [3.05, 3.63) is 65.4 Å². The number of phenols is 1. The summed E-state index contributed by atoms with van der Waals surface area (Å²) >= 11 is 0. The van der Waals surface area contributed by atoms with Crippen LogP contribution >= 0.6 is 0 Å². The summed E-state index contributed by atoms with van der Waals surface area (Å²) in [5.41, 5.74) is 4.21. The summed E-state index contributed by atoms with van der Waals surface area (Å²) in [7, 11) is 0. The smallest absolute Gasteiger partial charge is 0.251 e. The number of aromatic hydroxyl groups is 1. The number of amides is 1. The van der Waals surface area contributed by atoms with Crippen LogP contribution in [-0.4, -0.2) is 48.1 Å². The van der Waals surface area contributed by atoms with Crippen molar-refractivity contribution in [2.75, 3.05) is 26.2 Å². The summed E-state index contributed by atoms with van der Waals surface area (Å²) in [5, 5.41) is 19.9. The van der Waals surface area contributed by atoms with Gasteiger partial charge in [-0.3, -0.25) is 9.79 Å². The first-order valence-electron chi connectivity index (χ1n) is 10.2. The fourth-order valence-corrected chi connectivity index (χ4v) is 3.35. The predicted octanol–water partition coefficient (Wildman–Crippen LogP) is 2.71. The first kappa shape index (κ1) is 21.2. The maximum Gasteiger partial charge on any atom is 0.251 e. The molecule has 0 saturated carbocycles. The zero-order chi connectivity index (χ0) is 21.3. The van der Waals surface area contributed by atoms with E-state index in [1.807, 2.05) is 6.92 Å². The van der Waals surface area contributed by atoms with Crippen LogP contribution in [0.1, 0.15) is 28.4 Å². The maximum absolute atomic E-state index is 12.1. The SMILES string of the molecule is CCNC(=NCCc1c[nH]c2cccc(C)c12)NCCNC(=O)c1ccc(O)cc1. The van der Waals surface area contributed by atoms with Crippen molar-refractivity contribution in [2.45, 2.75) is 20.3 Å². The number of carbonyl (C=O) groups is 1. The van der Waals surface area contributed by atoms with Gasteiger partial charge in [0.2, 0.25) is 0 Å². The third kappa shape index (κ3) is 5.53. The van der Waals surface area contributed by atoms with E-state index < -0.39 is 0 Å². The number of H-pyrrole nitrogens is 1. The van der Waals surface area contributed by atoms with Crippen LogP contribution < -0.4 is 16.0 Å². The molecular weight excluding hydrogens is 378 g/mol. The molecule has 1 aromatic heterocycles. The molecule has 7 heteroatoms. The van der Waals surface area contributed by atoms with E-state index in [1.165, 1.54) is 28.6 Å². The van der Waals surface area contributed by atoms with Crippen LogP contribution in [0.15, 0.2) is 53.7 Å². The lowest BCUT2D eigenvalue weighted by atomic mass is 10.1. The van der Waals surface area contributed by atoms with Crippen molar-refractivity contribution in [3.8, 4) is 5.75 Å². The van der Waals surface area contributed by atoms with Gasteiger partial charge in [0.15, 0.2) is 5.96 Å². The number of benzene rings is 2. The van der Waals surface area contributed by atoms with Crippen molar-refractivity contribution in [2.24, 2.45) is 4.99 Å². The molecule has 0 aliphatic carbocycles. The number of hydrogen-bond donors (Lipinski definition) is 5. The number of nitrogens with zero attached hydrogens (tertiary/aromatic N) is 1. The molecule has 7 nitrogen and oxygen atoms in total. The average molecular weight is 408 g/mol. The number of guanidine groups is 1. The van der Waals surface area contributed by atoms with Gasteiger partial charge < -0.3 is 26.0 Å². The standard InChI is InChI=1S/C23H29N5O2/c1-3-24-23(27-14-13-25-22(30)17-7-9-19(29)10-8-17)26-12-11-18-15-28-20-6-4-5-16(2)21(18)20/h4-10,15,28-29H,3,11-14H2,1-2H3,(H,25,30)(H2,24,26,27). The lowest BCUT2D eigenvalue weighted by molar-refractivity contribution is 0.0954. The molecule has 0 aliphatic heterocycles. The third-order valence-corrected chi connectivity index (χ3v) is 4.82. The highest BCUT2D eigenvalue weighted by atomic mass is 16.3. The second-order valence-corrected chi connectivity index (χ2v) is 7.05. The van der Waals surface area contributed by atoms with Crippen molar-refractivity contribution in [1.82, 2.24) is 20.9 Å². The monoisotopic (exact) mass is 407 g/mol. The number of hydrogen-bond acceptors (Lipinski definition) is 3. The maximum atomic E-state index is 12.1. The summed E-state index contributed by atoms with van der Waals surface area (Å²) in [4.78, 5) is 20.1. The molecule has 2 aromatic carbocycles. The minimum absolute atomic E-state index is 0.141. The molecule has 30 heavy (non-hydrogen) atoms. The molecule has 3 aromatic rings. The Morgan fingerprint density at radius 3 is 2.60 bits per heavy atom. The molecule has 158 valence electrons. The first-order valence-corrected chi connectivity index (χ1v) is 10.2. The Labute approximate surface area is 176 Å². The first-order chi connectivity index (χ1) is 14.6. The van der Waals surface area contributed by atoms with Gasteiger partial charge in [-0.05, 0) is 61.7 Å². The molecule has 1 amide bonds. The van der Waals surface area contributed by atoms with Crippen molar-refractivity contribution in [1.29, 1.82) is 0 Å². The molecule has 0 spiro atoms. The Balaban J connectivity index is 1.48. The number of phenolic OH excluding ortho intramolecular Hbond substituents is 1. The highest BCUT2D eigenvalue weighted by Crippen LogP contribution is 2.22. The quantitative estimate of drug-likeness (QED) is 0.225. The minimum atomic E-state index is -0.173. The Hall–Kier alpha value is -3.48. The van der Waals surface area contributed by atoms with E-state index in [4.69, 9.17) is 0 Å². The fraction of sp³-hybridized carbons (Fsp3) is 0.304. The highest BCUT2D eigenvalue weighted by Gasteiger charge is 2.07. The third-order valence-electron chi connectivity index (χ3n) is 4.82. The lowest BCUT2D eigenvalue weighted by Crippen LogP contribution is -2.41. The van der Waals surface area contributed by atoms with E-state index in [-0.39, 0.29) is 11.7 Å². The van der Waals surface area contributed by atoms with E-state index >= 15 is 0 Å². The van der Waals surface area contributed by atoms with Crippen LogP contribution in [-0.2, 0) is 6.42 Å². The van der Waals surface area contributed by atoms with Gasteiger partial charge in [0.05, 0.1) is 0 Å². The van der Waals surface area contributed by atoms with Crippen molar-refractivity contribution >= 4 is 22.8 Å². The van der Waals surface area contributed by atoms with E-state index in [0.717, 1.165) is 24.4 Å². The Bertz CT molecular complexity index is 1010. The van der Waals surface area contributed by atoms with Crippen LogP contribution in [0.25, 0.3) is 10.9 Å². The summed E-state index contributed by atoms with van der Waals surface area (Å²) < 4.78 is 0. The molecule has 1 heterocycles. The van der Waals surface area contributed by atoms with Crippen molar-refractivity contribution in [3.63, 3.8) is 0 Å². The molecular formula is C23H29N5O2. The molecule has 0 atom stereocenters. The molecule has 3 rings (SSSR count). The molecule has 5 N–H and O–H groups in total. The molecule has 0 fully saturated rings. The molecule has 0 bridgehead atoms. The number of aliphatic imine (C=N–C) groups is 1. The highest BCUT2D eigenvalue weighted by molar-refractivity contribution is 5.94. The Morgan fingerprint density at radius 1 is 1.07 bits per heavy atom. The van der Waals surface area contributed by atoms with Crippen LogP contribution in [0, 0.1) is 6.92 Å².